The summed E-state index contributed by atoms with van der Waals surface area (Å²) in [5.74, 6) is 1.55. The average molecular weight is 419 g/mol. The summed E-state index contributed by atoms with van der Waals surface area (Å²) < 4.78 is 32.8. The van der Waals surface area contributed by atoms with E-state index in [1.165, 1.54) is 9.18 Å². The Labute approximate surface area is 168 Å². The van der Waals surface area contributed by atoms with Crippen molar-refractivity contribution in [2.24, 2.45) is 0 Å². The van der Waals surface area contributed by atoms with Gasteiger partial charge in [-0.2, -0.15) is 4.31 Å². The molecule has 0 atom stereocenters. The largest absolute Gasteiger partial charge is 0.494 e. The van der Waals surface area contributed by atoms with Crippen LogP contribution in [0.2, 0.25) is 0 Å². The van der Waals surface area contributed by atoms with Crippen molar-refractivity contribution in [2.75, 3.05) is 37.7 Å². The number of sulfonamides is 1. The summed E-state index contributed by atoms with van der Waals surface area (Å²) in [5.41, 5.74) is 0. The Morgan fingerprint density at radius 2 is 1.82 bits per heavy atom. The van der Waals surface area contributed by atoms with Crippen LogP contribution in [0, 0.1) is 6.92 Å². The summed E-state index contributed by atoms with van der Waals surface area (Å²) in [6.45, 7) is 6.53. The zero-order valence-corrected chi connectivity index (χ0v) is 17.5. The van der Waals surface area contributed by atoms with Gasteiger partial charge in [-0.1, -0.05) is 0 Å². The number of aryl methyl sites for hydroxylation is 1. The van der Waals surface area contributed by atoms with Crippen LogP contribution in [0.25, 0.3) is 10.2 Å². The van der Waals surface area contributed by atoms with Gasteiger partial charge in [-0.05, 0) is 44.2 Å². The van der Waals surface area contributed by atoms with Crippen molar-refractivity contribution >= 4 is 37.4 Å². The first-order valence-electron chi connectivity index (χ1n) is 9.18. The standard InChI is InChI=1S/C19H22N4O3S2/c1-3-26-15-4-6-16(7-5-15)28(24,25)23-10-8-22(9-11-23)18-17-12-14(2)27-19(17)21-13-20-18/h4-7,12-13H,3,8-11H2,1-2H3. The van der Waals surface area contributed by atoms with Gasteiger partial charge < -0.3 is 9.64 Å². The molecule has 0 N–H and O–H groups in total. The number of hydrogen-bond acceptors (Lipinski definition) is 7. The van der Waals surface area contributed by atoms with Crippen molar-refractivity contribution in [1.29, 1.82) is 0 Å². The second-order valence-electron chi connectivity index (χ2n) is 6.57. The summed E-state index contributed by atoms with van der Waals surface area (Å²) in [7, 11) is -3.52. The number of fused-ring (bicyclic) bond motifs is 1. The topological polar surface area (TPSA) is 75.6 Å². The summed E-state index contributed by atoms with van der Waals surface area (Å²) in [6, 6.07) is 8.70. The number of ether oxygens (including phenoxy) is 1. The van der Waals surface area contributed by atoms with E-state index in [2.05, 4.69) is 27.9 Å². The van der Waals surface area contributed by atoms with Crippen molar-refractivity contribution in [3.63, 3.8) is 0 Å². The van der Waals surface area contributed by atoms with Crippen LogP contribution < -0.4 is 9.64 Å². The minimum absolute atomic E-state index is 0.294. The number of thiophene rings is 1. The van der Waals surface area contributed by atoms with E-state index in [0.29, 0.717) is 43.4 Å². The lowest BCUT2D eigenvalue weighted by atomic mass is 10.3. The summed E-state index contributed by atoms with van der Waals surface area (Å²) >= 11 is 1.64. The number of hydrogen-bond donors (Lipinski definition) is 0. The van der Waals surface area contributed by atoms with Crippen molar-refractivity contribution in [3.8, 4) is 5.75 Å². The molecule has 0 spiro atoms. The van der Waals surface area contributed by atoms with Crippen LogP contribution in [-0.2, 0) is 10.0 Å². The fourth-order valence-corrected chi connectivity index (χ4v) is 5.64. The molecule has 28 heavy (non-hydrogen) atoms. The van der Waals surface area contributed by atoms with Crippen LogP contribution >= 0.6 is 11.3 Å². The molecular weight excluding hydrogens is 396 g/mol. The maximum Gasteiger partial charge on any atom is 0.243 e. The molecule has 7 nitrogen and oxygen atoms in total. The third-order valence-electron chi connectivity index (χ3n) is 4.74. The lowest BCUT2D eigenvalue weighted by Crippen LogP contribution is -2.49. The molecule has 0 amide bonds. The molecule has 3 heterocycles. The Kier molecular flexibility index (Phi) is 5.22. The van der Waals surface area contributed by atoms with Gasteiger partial charge in [-0.15, -0.1) is 11.3 Å². The molecule has 1 fully saturated rings. The number of aromatic nitrogens is 2. The second-order valence-corrected chi connectivity index (χ2v) is 9.74. The molecule has 148 valence electrons. The quantitative estimate of drug-likeness (QED) is 0.634. The molecule has 3 aromatic rings. The smallest absolute Gasteiger partial charge is 0.243 e. The summed E-state index contributed by atoms with van der Waals surface area (Å²) in [4.78, 5) is 13.4. The SMILES string of the molecule is CCOc1ccc(S(=O)(=O)N2CCN(c3ncnc4sc(C)cc34)CC2)cc1. The normalized spacial score (nSPS) is 15.9. The van der Waals surface area contributed by atoms with Crippen molar-refractivity contribution in [3.05, 3.63) is 41.5 Å². The highest BCUT2D eigenvalue weighted by Gasteiger charge is 2.29. The van der Waals surface area contributed by atoms with Crippen LogP contribution in [0.3, 0.4) is 0 Å². The number of benzene rings is 1. The lowest BCUT2D eigenvalue weighted by molar-refractivity contribution is 0.340. The van der Waals surface area contributed by atoms with Gasteiger partial charge in [-0.25, -0.2) is 18.4 Å². The molecule has 0 bridgehead atoms. The van der Waals surface area contributed by atoms with E-state index in [0.717, 1.165) is 16.0 Å². The third-order valence-corrected chi connectivity index (χ3v) is 7.61. The lowest BCUT2D eigenvalue weighted by Gasteiger charge is -2.34. The number of anilines is 1. The number of piperazine rings is 1. The predicted molar refractivity (Wildman–Crippen MR) is 111 cm³/mol. The van der Waals surface area contributed by atoms with E-state index in [4.69, 9.17) is 4.74 Å². The Morgan fingerprint density at radius 1 is 1.11 bits per heavy atom. The van der Waals surface area contributed by atoms with E-state index >= 15 is 0 Å². The summed E-state index contributed by atoms with van der Waals surface area (Å²) in [5, 5.41) is 1.04. The molecule has 0 unspecified atom stereocenters. The Bertz CT molecular complexity index is 1070. The van der Waals surface area contributed by atoms with Gasteiger partial charge in [0.15, 0.2) is 0 Å². The van der Waals surface area contributed by atoms with Crippen LogP contribution in [0.15, 0.2) is 41.6 Å². The van der Waals surface area contributed by atoms with E-state index < -0.39 is 10.0 Å². The second kappa shape index (κ2) is 7.65. The van der Waals surface area contributed by atoms with Crippen LogP contribution in [0.1, 0.15) is 11.8 Å². The predicted octanol–water partition coefficient (Wildman–Crippen LogP) is 2.91. The molecule has 1 saturated heterocycles. The highest BCUT2D eigenvalue weighted by molar-refractivity contribution is 7.89. The van der Waals surface area contributed by atoms with Gasteiger partial charge in [0, 0.05) is 31.1 Å². The van der Waals surface area contributed by atoms with Crippen LogP contribution in [0.4, 0.5) is 5.82 Å². The maximum absolute atomic E-state index is 13.0. The highest BCUT2D eigenvalue weighted by atomic mass is 32.2. The molecule has 2 aromatic heterocycles. The van der Waals surface area contributed by atoms with E-state index in [9.17, 15) is 8.42 Å². The zero-order chi connectivity index (χ0) is 19.7. The van der Waals surface area contributed by atoms with Gasteiger partial charge >= 0.3 is 0 Å². The first-order valence-corrected chi connectivity index (χ1v) is 11.4. The van der Waals surface area contributed by atoms with Gasteiger partial charge in [0.1, 0.15) is 22.7 Å². The fraction of sp³-hybridized carbons (Fsp3) is 0.368. The molecule has 0 aliphatic carbocycles. The molecule has 1 aliphatic heterocycles. The average Bonchev–Trinajstić information content (AvgIpc) is 3.09. The van der Waals surface area contributed by atoms with Gasteiger partial charge in [0.05, 0.1) is 16.9 Å². The monoisotopic (exact) mass is 418 g/mol. The maximum atomic E-state index is 13.0. The van der Waals surface area contributed by atoms with Gasteiger partial charge in [0.2, 0.25) is 10.0 Å². The van der Waals surface area contributed by atoms with E-state index in [-0.39, 0.29) is 0 Å². The number of nitrogens with zero attached hydrogens (tertiary/aromatic N) is 4. The van der Waals surface area contributed by atoms with Crippen LogP contribution in [-0.4, -0.2) is 55.5 Å². The fourth-order valence-electron chi connectivity index (χ4n) is 3.38. The van der Waals surface area contributed by atoms with Gasteiger partial charge in [-0.3, -0.25) is 0 Å². The minimum Gasteiger partial charge on any atom is -0.494 e. The van der Waals surface area contributed by atoms with Crippen LogP contribution in [0.5, 0.6) is 5.75 Å². The molecule has 0 radical (unpaired) electrons. The third kappa shape index (κ3) is 3.57. The first kappa shape index (κ1) is 19.1. The highest BCUT2D eigenvalue weighted by Crippen LogP contribution is 2.30. The number of rotatable bonds is 5. The van der Waals surface area contributed by atoms with E-state index in [1.807, 2.05) is 6.92 Å². The Balaban J connectivity index is 1.50. The van der Waals surface area contributed by atoms with E-state index in [1.54, 1.807) is 41.9 Å². The Hall–Kier alpha value is -2.23. The molecular formula is C19H22N4O3S2. The molecule has 9 heteroatoms. The Morgan fingerprint density at radius 3 is 2.50 bits per heavy atom. The zero-order valence-electron chi connectivity index (χ0n) is 15.8. The van der Waals surface area contributed by atoms with Crippen molar-refractivity contribution < 1.29 is 13.2 Å². The summed E-state index contributed by atoms with van der Waals surface area (Å²) in [6.07, 6.45) is 1.58. The minimum atomic E-state index is -3.52. The first-order chi connectivity index (χ1) is 13.5. The van der Waals surface area contributed by atoms with Crippen molar-refractivity contribution in [2.45, 2.75) is 18.7 Å². The molecule has 1 aliphatic rings. The van der Waals surface area contributed by atoms with Gasteiger partial charge in [0.25, 0.3) is 0 Å². The molecule has 1 aromatic carbocycles. The van der Waals surface area contributed by atoms with Crippen molar-refractivity contribution in [1.82, 2.24) is 14.3 Å². The molecule has 4 rings (SSSR count). The molecule has 0 saturated carbocycles.